The lowest BCUT2D eigenvalue weighted by atomic mass is 10.0. The highest BCUT2D eigenvalue weighted by Gasteiger charge is 2.39. The first kappa shape index (κ1) is 11.6. The van der Waals surface area contributed by atoms with Gasteiger partial charge in [-0.25, -0.2) is 9.69 Å². The van der Waals surface area contributed by atoms with Crippen LogP contribution >= 0.6 is 0 Å². The van der Waals surface area contributed by atoms with E-state index in [-0.39, 0.29) is 24.5 Å². The number of carbonyl (C=O) groups is 2. The largest absolute Gasteiger partial charge is 0.447 e. The zero-order valence-corrected chi connectivity index (χ0v) is 9.92. The highest BCUT2D eigenvalue weighted by molar-refractivity contribution is 6.03. The first-order valence-electron chi connectivity index (χ1n) is 5.66. The minimum absolute atomic E-state index is 0.171. The average molecular weight is 233 g/mol. The van der Waals surface area contributed by atoms with Crippen molar-refractivity contribution in [1.82, 2.24) is 4.90 Å². The van der Waals surface area contributed by atoms with Crippen LogP contribution in [-0.4, -0.2) is 29.5 Å². The van der Waals surface area contributed by atoms with Crippen molar-refractivity contribution < 1.29 is 14.3 Å². The van der Waals surface area contributed by atoms with Gasteiger partial charge in [-0.2, -0.15) is 0 Å². The number of hydrogen-bond acceptors (Lipinski definition) is 3. The molecule has 0 spiro atoms. The molecule has 1 aliphatic rings. The van der Waals surface area contributed by atoms with Crippen molar-refractivity contribution in [2.45, 2.75) is 19.9 Å². The topological polar surface area (TPSA) is 46.6 Å². The van der Waals surface area contributed by atoms with Gasteiger partial charge >= 0.3 is 6.09 Å². The van der Waals surface area contributed by atoms with Crippen molar-refractivity contribution in [2.24, 2.45) is 5.92 Å². The van der Waals surface area contributed by atoms with Gasteiger partial charge < -0.3 is 4.74 Å². The number of hydrogen-bond donors (Lipinski definition) is 0. The summed E-state index contributed by atoms with van der Waals surface area (Å²) in [6.07, 6.45) is -0.544. The average Bonchev–Trinajstić information content (AvgIpc) is 2.71. The second-order valence-corrected chi connectivity index (χ2v) is 4.43. The minimum Gasteiger partial charge on any atom is -0.447 e. The highest BCUT2D eigenvalue weighted by Crippen LogP contribution is 2.21. The number of imide groups is 1. The summed E-state index contributed by atoms with van der Waals surface area (Å²) in [6, 6.07) is 8.61. The molecule has 1 unspecified atom stereocenters. The van der Waals surface area contributed by atoms with E-state index in [1.54, 1.807) is 24.3 Å². The lowest BCUT2D eigenvalue weighted by Crippen LogP contribution is -2.41. The molecule has 0 aromatic heterocycles. The number of rotatable bonds is 2. The van der Waals surface area contributed by atoms with E-state index in [0.29, 0.717) is 5.56 Å². The zero-order chi connectivity index (χ0) is 12.4. The second kappa shape index (κ2) is 4.57. The number of amides is 2. The highest BCUT2D eigenvalue weighted by atomic mass is 16.6. The molecule has 1 heterocycles. The van der Waals surface area contributed by atoms with Crippen LogP contribution in [0.25, 0.3) is 0 Å². The normalized spacial score (nSPS) is 19.6. The molecule has 2 rings (SSSR count). The van der Waals surface area contributed by atoms with E-state index >= 15 is 0 Å². The van der Waals surface area contributed by atoms with Crippen molar-refractivity contribution in [2.75, 3.05) is 6.61 Å². The summed E-state index contributed by atoms with van der Waals surface area (Å²) >= 11 is 0. The monoisotopic (exact) mass is 233 g/mol. The van der Waals surface area contributed by atoms with Crippen LogP contribution in [0.5, 0.6) is 0 Å². The summed E-state index contributed by atoms with van der Waals surface area (Å²) in [5.41, 5.74) is 0.511. The second-order valence-electron chi connectivity index (χ2n) is 4.43. The molecular weight excluding hydrogens is 218 g/mol. The van der Waals surface area contributed by atoms with Gasteiger partial charge in [0.1, 0.15) is 6.61 Å². The van der Waals surface area contributed by atoms with Crippen LogP contribution in [0, 0.1) is 5.92 Å². The predicted molar refractivity (Wildman–Crippen MR) is 62.6 cm³/mol. The molecule has 0 N–H and O–H groups in total. The van der Waals surface area contributed by atoms with Gasteiger partial charge in [-0.3, -0.25) is 4.79 Å². The molecule has 1 saturated heterocycles. The first-order valence-corrected chi connectivity index (χ1v) is 5.66. The third kappa shape index (κ3) is 2.16. The van der Waals surface area contributed by atoms with Crippen molar-refractivity contribution in [1.29, 1.82) is 0 Å². The van der Waals surface area contributed by atoms with Crippen LogP contribution in [0.15, 0.2) is 30.3 Å². The molecule has 1 fully saturated rings. The van der Waals surface area contributed by atoms with E-state index in [2.05, 4.69) is 0 Å². The fourth-order valence-electron chi connectivity index (χ4n) is 1.88. The van der Waals surface area contributed by atoms with Gasteiger partial charge in [-0.05, 0) is 18.1 Å². The van der Waals surface area contributed by atoms with E-state index in [0.717, 1.165) is 0 Å². The van der Waals surface area contributed by atoms with Crippen LogP contribution < -0.4 is 0 Å². The Bertz CT molecular complexity index is 428. The maximum Gasteiger partial charge on any atom is 0.417 e. The Morgan fingerprint density at radius 3 is 2.59 bits per heavy atom. The molecule has 4 heteroatoms. The molecule has 90 valence electrons. The van der Waals surface area contributed by atoms with Gasteiger partial charge in [0.2, 0.25) is 0 Å². The summed E-state index contributed by atoms with van der Waals surface area (Å²) in [6.45, 7) is 4.23. The summed E-state index contributed by atoms with van der Waals surface area (Å²) in [5, 5.41) is 0. The van der Waals surface area contributed by atoms with Crippen molar-refractivity contribution >= 4 is 12.0 Å². The molecule has 1 aromatic rings. The number of ether oxygens (including phenoxy) is 1. The Labute approximate surface area is 100 Å². The Hall–Kier alpha value is -1.84. The Balaban J connectivity index is 2.26. The number of nitrogens with zero attached hydrogens (tertiary/aromatic N) is 1. The molecule has 1 atom stereocenters. The molecule has 17 heavy (non-hydrogen) atoms. The summed E-state index contributed by atoms with van der Waals surface area (Å²) < 4.78 is 4.95. The molecule has 2 amide bonds. The standard InChI is InChI=1S/C13H15NO3/c1-9(2)11-8-17-13(16)14(11)12(15)10-6-4-3-5-7-10/h3-7,9,11H,8H2,1-2H3. The van der Waals surface area contributed by atoms with E-state index < -0.39 is 6.09 Å². The molecule has 0 bridgehead atoms. The molecule has 1 aromatic carbocycles. The van der Waals surface area contributed by atoms with Gasteiger partial charge in [0, 0.05) is 5.56 Å². The van der Waals surface area contributed by atoms with Crippen LogP contribution in [0.1, 0.15) is 24.2 Å². The van der Waals surface area contributed by atoms with Gasteiger partial charge in [-0.15, -0.1) is 0 Å². The first-order chi connectivity index (χ1) is 8.11. The molecule has 1 aliphatic heterocycles. The van der Waals surface area contributed by atoms with E-state index in [4.69, 9.17) is 4.74 Å². The van der Waals surface area contributed by atoms with Crippen molar-refractivity contribution in [3.63, 3.8) is 0 Å². The molecule has 0 aliphatic carbocycles. The fourth-order valence-corrected chi connectivity index (χ4v) is 1.88. The van der Waals surface area contributed by atoms with Crippen LogP contribution in [0.2, 0.25) is 0 Å². The van der Waals surface area contributed by atoms with E-state index in [1.165, 1.54) is 4.90 Å². The molecular formula is C13H15NO3. The lowest BCUT2D eigenvalue weighted by Gasteiger charge is -2.22. The van der Waals surface area contributed by atoms with Crippen molar-refractivity contribution in [3.8, 4) is 0 Å². The Kier molecular flexibility index (Phi) is 3.13. The molecule has 4 nitrogen and oxygen atoms in total. The predicted octanol–water partition coefficient (Wildman–Crippen LogP) is 2.30. The number of carbonyl (C=O) groups excluding carboxylic acids is 2. The maximum atomic E-state index is 12.2. The molecule has 0 radical (unpaired) electrons. The van der Waals surface area contributed by atoms with Crippen molar-refractivity contribution in [3.05, 3.63) is 35.9 Å². The van der Waals surface area contributed by atoms with E-state index in [9.17, 15) is 9.59 Å². The summed E-state index contributed by atoms with van der Waals surface area (Å²) in [5.74, 6) is -0.0964. The number of benzene rings is 1. The lowest BCUT2D eigenvalue weighted by molar-refractivity contribution is 0.0752. The van der Waals surface area contributed by atoms with Gasteiger partial charge in [0.25, 0.3) is 5.91 Å². The van der Waals surface area contributed by atoms with Crippen LogP contribution in [0.3, 0.4) is 0 Å². The maximum absolute atomic E-state index is 12.2. The SMILES string of the molecule is CC(C)C1COC(=O)N1C(=O)c1ccccc1. The fraction of sp³-hybridized carbons (Fsp3) is 0.385. The summed E-state index contributed by atoms with van der Waals surface area (Å²) in [7, 11) is 0. The third-order valence-corrected chi connectivity index (χ3v) is 2.91. The van der Waals surface area contributed by atoms with Gasteiger partial charge in [0.15, 0.2) is 0 Å². The number of cyclic esters (lactones) is 1. The summed E-state index contributed by atoms with van der Waals surface area (Å²) in [4.78, 5) is 25.0. The van der Waals surface area contributed by atoms with Gasteiger partial charge in [-0.1, -0.05) is 32.0 Å². The zero-order valence-electron chi connectivity index (χ0n) is 9.92. The van der Waals surface area contributed by atoms with Gasteiger partial charge in [0.05, 0.1) is 6.04 Å². The quantitative estimate of drug-likeness (QED) is 0.787. The molecule has 0 saturated carbocycles. The van der Waals surface area contributed by atoms with E-state index in [1.807, 2.05) is 19.9 Å². The van der Waals surface area contributed by atoms with Crippen LogP contribution in [0.4, 0.5) is 4.79 Å². The Morgan fingerprint density at radius 2 is 2.00 bits per heavy atom. The Morgan fingerprint density at radius 1 is 1.35 bits per heavy atom. The third-order valence-electron chi connectivity index (χ3n) is 2.91. The smallest absolute Gasteiger partial charge is 0.417 e. The minimum atomic E-state index is -0.544. The van der Waals surface area contributed by atoms with Crippen LogP contribution in [-0.2, 0) is 4.74 Å².